The van der Waals surface area contributed by atoms with Crippen LogP contribution in [0.4, 0.5) is 0 Å². The largest absolute Gasteiger partial charge is 0.387 e. The van der Waals surface area contributed by atoms with Crippen LogP contribution < -0.4 is 5.32 Å². The molecule has 3 amide bonds. The Bertz CT molecular complexity index is 1090. The Hall–Kier alpha value is -2.23. The molecule has 2 N–H and O–H groups in total. The fourth-order valence-corrected chi connectivity index (χ4v) is 7.39. The number of methoxy groups -OCH3 is 2. The van der Waals surface area contributed by atoms with Gasteiger partial charge in [0.25, 0.3) is 0 Å². The Morgan fingerprint density at radius 3 is 2.28 bits per heavy atom. The minimum absolute atomic E-state index is 0.0548. The van der Waals surface area contributed by atoms with Crippen LogP contribution in [0.5, 0.6) is 0 Å². The molecule has 0 radical (unpaired) electrons. The van der Waals surface area contributed by atoms with Crippen molar-refractivity contribution in [1.29, 1.82) is 0 Å². The predicted octanol–water partition coefficient (Wildman–Crippen LogP) is 5.51. The number of carbonyl (C=O) groups excluding carboxylic acids is 3. The monoisotopic (exact) mass is 647 g/mol. The van der Waals surface area contributed by atoms with Gasteiger partial charge in [-0.05, 0) is 62.9 Å². The van der Waals surface area contributed by atoms with Gasteiger partial charge >= 0.3 is 0 Å². The lowest BCUT2D eigenvalue weighted by molar-refractivity contribution is -0.146. The van der Waals surface area contributed by atoms with Gasteiger partial charge in [0.15, 0.2) is 0 Å². The number of likely N-dealkylation sites (tertiary alicyclic amines) is 1. The van der Waals surface area contributed by atoms with Crippen molar-refractivity contribution in [3.05, 3.63) is 22.8 Å². The first-order valence-corrected chi connectivity index (χ1v) is 17.6. The first-order chi connectivity index (χ1) is 21.6. The lowest BCUT2D eigenvalue weighted by Gasteiger charge is -2.39. The molecular formula is C37H65N3O6. The molecule has 0 aromatic heterocycles. The third kappa shape index (κ3) is 9.89. The number of amides is 3. The topological polar surface area (TPSA) is 108 Å². The van der Waals surface area contributed by atoms with Crippen LogP contribution in [0.15, 0.2) is 22.8 Å². The van der Waals surface area contributed by atoms with Crippen molar-refractivity contribution in [3.63, 3.8) is 0 Å². The zero-order valence-electron chi connectivity index (χ0n) is 30.9. The van der Waals surface area contributed by atoms with Crippen LogP contribution >= 0.6 is 0 Å². The number of hydrogen-bond donors (Lipinski definition) is 2. The number of carbonyl (C=O) groups is 3. The maximum absolute atomic E-state index is 13.9. The van der Waals surface area contributed by atoms with Gasteiger partial charge in [-0.2, -0.15) is 0 Å². The third-order valence-electron chi connectivity index (χ3n) is 10.7. The quantitative estimate of drug-likeness (QED) is 0.202. The zero-order chi connectivity index (χ0) is 34.9. The van der Waals surface area contributed by atoms with Gasteiger partial charge in [0, 0.05) is 34.2 Å². The Labute approximate surface area is 279 Å². The molecule has 9 nitrogen and oxygen atoms in total. The van der Waals surface area contributed by atoms with Gasteiger partial charge < -0.3 is 29.7 Å². The highest BCUT2D eigenvalue weighted by Crippen LogP contribution is 2.33. The van der Waals surface area contributed by atoms with E-state index in [2.05, 4.69) is 46.0 Å². The van der Waals surface area contributed by atoms with Crippen molar-refractivity contribution in [2.75, 3.05) is 27.8 Å². The smallest absolute Gasteiger partial charge is 0.225 e. The Balaban J connectivity index is 2.15. The summed E-state index contributed by atoms with van der Waals surface area (Å²) in [5.41, 5.74) is 3.66. The summed E-state index contributed by atoms with van der Waals surface area (Å²) in [5.74, 6) is -0.114. The maximum Gasteiger partial charge on any atom is 0.225 e. The maximum atomic E-state index is 13.9. The van der Waals surface area contributed by atoms with Crippen LogP contribution in [0, 0.1) is 23.7 Å². The Kier molecular flexibility index (Phi) is 15.9. The average Bonchev–Trinajstić information content (AvgIpc) is 3.50. The summed E-state index contributed by atoms with van der Waals surface area (Å²) in [6.45, 7) is 18.9. The second-order valence-corrected chi connectivity index (χ2v) is 14.3. The molecule has 1 fully saturated rings. The van der Waals surface area contributed by atoms with E-state index in [1.165, 1.54) is 11.1 Å². The standard InChI is InChI=1S/C37H65N3O6/c1-13-23(5)34(39(10)32(41)18-22(3)4)31(45-11)21-33(42)40-17-15-16-30(40)36(46-12)26(8)37(44)38-27(9)35(43)29-19-24(6)25(7)28(14-2)20-29/h19,22-24,26-27,30-31,34-36,43H,13-18,20-21H2,1-12H3,(H,38,44)/t23-,24?,26+,27+,30-,31+,34-,35+,36+/m0/s1. The summed E-state index contributed by atoms with van der Waals surface area (Å²) in [6, 6.07) is -0.975. The van der Waals surface area contributed by atoms with Crippen LogP contribution in [0.3, 0.4) is 0 Å². The highest BCUT2D eigenvalue weighted by atomic mass is 16.5. The Morgan fingerprint density at radius 1 is 1.09 bits per heavy atom. The molecular weight excluding hydrogens is 582 g/mol. The van der Waals surface area contributed by atoms with Crippen molar-refractivity contribution >= 4 is 17.7 Å². The van der Waals surface area contributed by atoms with E-state index in [1.807, 2.05) is 39.6 Å². The van der Waals surface area contributed by atoms with Crippen LogP contribution in [-0.4, -0.2) is 96.9 Å². The van der Waals surface area contributed by atoms with E-state index in [1.54, 1.807) is 19.1 Å². The molecule has 46 heavy (non-hydrogen) atoms. The minimum Gasteiger partial charge on any atom is -0.387 e. The van der Waals surface area contributed by atoms with Gasteiger partial charge in [-0.25, -0.2) is 0 Å². The number of rotatable bonds is 17. The number of allylic oxidation sites excluding steroid dienone is 3. The molecule has 0 aromatic rings. The first-order valence-electron chi connectivity index (χ1n) is 17.6. The van der Waals surface area contributed by atoms with Crippen molar-refractivity contribution in [1.82, 2.24) is 15.1 Å². The van der Waals surface area contributed by atoms with Gasteiger partial charge in [-0.1, -0.05) is 72.1 Å². The molecule has 9 atom stereocenters. The highest BCUT2D eigenvalue weighted by molar-refractivity contribution is 5.81. The molecule has 264 valence electrons. The number of aliphatic hydroxyl groups excluding tert-OH is 1. The molecule has 0 saturated carbocycles. The van der Waals surface area contributed by atoms with Crippen LogP contribution in [-0.2, 0) is 23.9 Å². The summed E-state index contributed by atoms with van der Waals surface area (Å²) < 4.78 is 11.9. The molecule has 1 aliphatic heterocycles. The summed E-state index contributed by atoms with van der Waals surface area (Å²) in [7, 11) is 5.02. The summed E-state index contributed by atoms with van der Waals surface area (Å²) in [4.78, 5) is 44.2. The van der Waals surface area contributed by atoms with E-state index in [-0.39, 0.29) is 54.0 Å². The summed E-state index contributed by atoms with van der Waals surface area (Å²) >= 11 is 0. The molecule has 2 rings (SSSR count). The van der Waals surface area contributed by atoms with E-state index in [0.29, 0.717) is 13.0 Å². The molecule has 1 saturated heterocycles. The fraction of sp³-hybridized carbons (Fsp3) is 0.811. The summed E-state index contributed by atoms with van der Waals surface area (Å²) in [6.07, 6.45) is 5.03. The number of nitrogens with zero attached hydrogens (tertiary/aromatic N) is 2. The van der Waals surface area contributed by atoms with Crippen molar-refractivity contribution in [3.8, 4) is 0 Å². The predicted molar refractivity (Wildman–Crippen MR) is 184 cm³/mol. The molecule has 1 aliphatic carbocycles. The fourth-order valence-electron chi connectivity index (χ4n) is 7.39. The van der Waals surface area contributed by atoms with E-state index in [0.717, 1.165) is 37.7 Å². The Morgan fingerprint density at radius 2 is 1.74 bits per heavy atom. The van der Waals surface area contributed by atoms with Crippen LogP contribution in [0.2, 0.25) is 0 Å². The normalized spacial score (nSPS) is 23.3. The lowest BCUT2D eigenvalue weighted by Crippen LogP contribution is -2.54. The number of nitrogens with one attached hydrogen (secondary N) is 1. The van der Waals surface area contributed by atoms with E-state index >= 15 is 0 Å². The number of aliphatic hydroxyl groups is 1. The van der Waals surface area contributed by atoms with Crippen molar-refractivity contribution in [2.45, 2.75) is 144 Å². The lowest BCUT2D eigenvalue weighted by atomic mass is 9.81. The number of hydrogen-bond acceptors (Lipinski definition) is 6. The molecule has 9 heteroatoms. The minimum atomic E-state index is -0.784. The molecule has 2 aliphatic rings. The first kappa shape index (κ1) is 39.9. The van der Waals surface area contributed by atoms with Crippen LogP contribution in [0.25, 0.3) is 0 Å². The summed E-state index contributed by atoms with van der Waals surface area (Å²) in [5, 5.41) is 14.3. The number of ether oxygens (including phenoxy) is 2. The molecule has 1 unspecified atom stereocenters. The third-order valence-corrected chi connectivity index (χ3v) is 10.7. The van der Waals surface area contributed by atoms with Gasteiger partial charge in [-0.3, -0.25) is 14.4 Å². The van der Waals surface area contributed by atoms with Gasteiger partial charge in [0.05, 0.1) is 48.8 Å². The van der Waals surface area contributed by atoms with Gasteiger partial charge in [-0.15, -0.1) is 0 Å². The van der Waals surface area contributed by atoms with Gasteiger partial charge in [0.1, 0.15) is 0 Å². The van der Waals surface area contributed by atoms with E-state index < -0.39 is 30.3 Å². The van der Waals surface area contributed by atoms with Crippen molar-refractivity contribution < 1.29 is 29.0 Å². The molecule has 0 bridgehead atoms. The highest BCUT2D eigenvalue weighted by Gasteiger charge is 2.42. The zero-order valence-corrected chi connectivity index (χ0v) is 30.9. The number of likely N-dealkylation sites (N-methyl/N-ethyl adjacent to an activating group) is 1. The molecule has 0 spiro atoms. The van der Waals surface area contributed by atoms with Crippen LogP contribution in [0.1, 0.15) is 107 Å². The van der Waals surface area contributed by atoms with E-state index in [9.17, 15) is 19.5 Å². The second kappa shape index (κ2) is 18.3. The average molecular weight is 648 g/mol. The molecule has 0 aromatic carbocycles. The van der Waals surface area contributed by atoms with E-state index in [4.69, 9.17) is 9.47 Å². The molecule has 1 heterocycles. The second-order valence-electron chi connectivity index (χ2n) is 14.3. The van der Waals surface area contributed by atoms with Gasteiger partial charge in [0.2, 0.25) is 17.7 Å². The van der Waals surface area contributed by atoms with Crippen molar-refractivity contribution in [2.24, 2.45) is 23.7 Å². The SMILES string of the molecule is CCC1=C(C)C(C)C=C([C@H](O)[C@@H](C)NC(=O)[C@H](C)[C@@H](OC)[C@@H]2CCCN2C(=O)C[C@@H](OC)[C@H]([C@@H](C)CC)N(C)C(=O)CC(C)C)C1.